The summed E-state index contributed by atoms with van der Waals surface area (Å²) in [5, 5.41) is 0. The Kier molecular flexibility index (Phi) is 6.63. The number of benzene rings is 1. The molecule has 6 heteroatoms. The van der Waals surface area contributed by atoms with Gasteiger partial charge in [0.1, 0.15) is 5.75 Å². The van der Waals surface area contributed by atoms with E-state index in [-0.39, 0.29) is 11.7 Å². The van der Waals surface area contributed by atoms with Gasteiger partial charge < -0.3 is 4.74 Å². The van der Waals surface area contributed by atoms with Gasteiger partial charge in [0.05, 0.1) is 12.4 Å². The Morgan fingerprint density at radius 3 is 2.63 bits per heavy atom. The van der Waals surface area contributed by atoms with Gasteiger partial charge in [-0.3, -0.25) is 0 Å². The van der Waals surface area contributed by atoms with Crippen molar-refractivity contribution in [2.75, 3.05) is 12.4 Å². The van der Waals surface area contributed by atoms with E-state index in [2.05, 4.69) is 15.9 Å². The second-order valence-corrected chi connectivity index (χ2v) is 8.50. The third kappa shape index (κ3) is 7.18. The first-order valence-electron chi connectivity index (χ1n) is 6.09. The van der Waals surface area contributed by atoms with Crippen LogP contribution >= 0.6 is 26.6 Å². The number of ether oxygens (including phenoxy) is 1. The largest absolute Gasteiger partial charge is 0.493 e. The Hall–Kier alpha value is -0.260. The molecule has 0 spiro atoms. The van der Waals surface area contributed by atoms with E-state index in [4.69, 9.17) is 15.4 Å². The molecule has 3 nitrogen and oxygen atoms in total. The van der Waals surface area contributed by atoms with Gasteiger partial charge >= 0.3 is 0 Å². The summed E-state index contributed by atoms with van der Waals surface area (Å²) in [5.41, 5.74) is 1.07. The van der Waals surface area contributed by atoms with Crippen LogP contribution in [-0.2, 0) is 9.05 Å². The van der Waals surface area contributed by atoms with Crippen LogP contribution < -0.4 is 4.74 Å². The van der Waals surface area contributed by atoms with E-state index in [1.54, 1.807) is 0 Å². The van der Waals surface area contributed by atoms with Crippen LogP contribution in [0.2, 0.25) is 0 Å². The first-order valence-corrected chi connectivity index (χ1v) is 9.36. The molecule has 1 unspecified atom stereocenters. The van der Waals surface area contributed by atoms with E-state index >= 15 is 0 Å². The molecule has 1 atom stereocenters. The van der Waals surface area contributed by atoms with Crippen LogP contribution in [0.25, 0.3) is 0 Å². The molecule has 0 aliphatic heterocycles. The molecule has 0 aliphatic rings. The lowest BCUT2D eigenvalue weighted by Gasteiger charge is -2.13. The van der Waals surface area contributed by atoms with E-state index in [1.165, 1.54) is 0 Å². The van der Waals surface area contributed by atoms with Crippen LogP contribution in [-0.4, -0.2) is 20.8 Å². The molecule has 0 aliphatic carbocycles. The molecule has 0 radical (unpaired) electrons. The van der Waals surface area contributed by atoms with E-state index in [1.807, 2.05) is 32.0 Å². The SMILES string of the molecule is Cc1cc(Br)ccc1OCCC(C)CCS(=O)(=O)Cl. The Labute approximate surface area is 127 Å². The van der Waals surface area contributed by atoms with Gasteiger partial charge in [0.15, 0.2) is 0 Å². The standard InChI is InChI=1S/C13H18BrClO3S/c1-10(6-8-19(15,16)17)5-7-18-13-4-3-12(14)9-11(13)2/h3-4,9-10H,5-8H2,1-2H3. The van der Waals surface area contributed by atoms with Crippen molar-refractivity contribution >= 4 is 35.7 Å². The summed E-state index contributed by atoms with van der Waals surface area (Å²) in [6.07, 6.45) is 1.37. The van der Waals surface area contributed by atoms with E-state index in [9.17, 15) is 8.42 Å². The van der Waals surface area contributed by atoms with Crippen molar-refractivity contribution in [3.63, 3.8) is 0 Å². The second kappa shape index (κ2) is 7.50. The van der Waals surface area contributed by atoms with Gasteiger partial charge in [-0.2, -0.15) is 0 Å². The molecule has 0 saturated carbocycles. The third-order valence-corrected chi connectivity index (χ3v) is 4.54. The second-order valence-electron chi connectivity index (χ2n) is 4.68. The van der Waals surface area contributed by atoms with Gasteiger partial charge in [0.25, 0.3) is 0 Å². The summed E-state index contributed by atoms with van der Waals surface area (Å²) in [5.74, 6) is 1.15. The highest BCUT2D eigenvalue weighted by Gasteiger charge is 2.10. The van der Waals surface area contributed by atoms with Crippen LogP contribution in [0.3, 0.4) is 0 Å². The molecule has 1 aromatic rings. The summed E-state index contributed by atoms with van der Waals surface area (Å²) < 4.78 is 28.4. The maximum atomic E-state index is 10.8. The van der Waals surface area contributed by atoms with Gasteiger partial charge in [0.2, 0.25) is 9.05 Å². The third-order valence-electron chi connectivity index (χ3n) is 2.86. The molecule has 0 bridgehead atoms. The number of halogens is 2. The summed E-state index contributed by atoms with van der Waals surface area (Å²) >= 11 is 3.40. The summed E-state index contributed by atoms with van der Waals surface area (Å²) in [4.78, 5) is 0. The summed E-state index contributed by atoms with van der Waals surface area (Å²) in [6.45, 7) is 4.56. The molecule has 0 aromatic heterocycles. The molecule has 108 valence electrons. The van der Waals surface area contributed by atoms with Crippen molar-refractivity contribution in [1.82, 2.24) is 0 Å². The zero-order chi connectivity index (χ0) is 14.5. The Bertz CT molecular complexity index is 517. The van der Waals surface area contributed by atoms with Gasteiger partial charge in [-0.1, -0.05) is 22.9 Å². The number of rotatable bonds is 7. The van der Waals surface area contributed by atoms with Crippen molar-refractivity contribution in [2.24, 2.45) is 5.92 Å². The van der Waals surface area contributed by atoms with E-state index < -0.39 is 9.05 Å². The van der Waals surface area contributed by atoms with Crippen LogP contribution in [0.5, 0.6) is 5.75 Å². The fourth-order valence-corrected chi connectivity index (χ4v) is 3.06. The van der Waals surface area contributed by atoms with Crippen molar-refractivity contribution in [1.29, 1.82) is 0 Å². The lowest BCUT2D eigenvalue weighted by molar-refractivity contribution is 0.280. The van der Waals surface area contributed by atoms with Crippen molar-refractivity contribution in [3.8, 4) is 5.75 Å². The molecule has 0 fully saturated rings. The minimum Gasteiger partial charge on any atom is -0.493 e. The smallest absolute Gasteiger partial charge is 0.232 e. The van der Waals surface area contributed by atoms with E-state index in [0.717, 1.165) is 22.2 Å². The Morgan fingerprint density at radius 1 is 1.37 bits per heavy atom. The summed E-state index contributed by atoms with van der Waals surface area (Å²) in [6, 6.07) is 5.86. The topological polar surface area (TPSA) is 43.4 Å². The van der Waals surface area contributed by atoms with Crippen molar-refractivity contribution in [2.45, 2.75) is 26.7 Å². The molecule has 1 rings (SSSR count). The molecule has 1 aromatic carbocycles. The quantitative estimate of drug-likeness (QED) is 0.679. The Balaban J connectivity index is 2.33. The molecule has 19 heavy (non-hydrogen) atoms. The summed E-state index contributed by atoms with van der Waals surface area (Å²) in [7, 11) is 1.80. The average Bonchev–Trinajstić information content (AvgIpc) is 2.28. The first-order chi connectivity index (χ1) is 8.78. The molecule has 0 heterocycles. The molecule has 0 amide bonds. The number of aryl methyl sites for hydroxylation is 1. The minimum atomic E-state index is -3.38. The van der Waals surface area contributed by atoms with Crippen LogP contribution in [0, 0.1) is 12.8 Å². The predicted octanol–water partition coefficient (Wildman–Crippen LogP) is 4.12. The molecular weight excluding hydrogens is 352 g/mol. The maximum absolute atomic E-state index is 10.8. The molecule has 0 saturated heterocycles. The average molecular weight is 370 g/mol. The lowest BCUT2D eigenvalue weighted by Crippen LogP contribution is -2.08. The molecule has 0 N–H and O–H groups in total. The van der Waals surface area contributed by atoms with Gasteiger partial charge in [-0.05, 0) is 49.4 Å². The fourth-order valence-electron chi connectivity index (χ4n) is 1.63. The number of hydrogen-bond donors (Lipinski definition) is 0. The van der Waals surface area contributed by atoms with Crippen LogP contribution in [0.1, 0.15) is 25.3 Å². The highest BCUT2D eigenvalue weighted by molar-refractivity contribution is 9.10. The predicted molar refractivity (Wildman–Crippen MR) is 82.4 cm³/mol. The van der Waals surface area contributed by atoms with Gasteiger partial charge in [-0.15, -0.1) is 0 Å². The lowest BCUT2D eigenvalue weighted by atomic mass is 10.1. The van der Waals surface area contributed by atoms with Crippen molar-refractivity contribution < 1.29 is 13.2 Å². The van der Waals surface area contributed by atoms with Crippen molar-refractivity contribution in [3.05, 3.63) is 28.2 Å². The highest BCUT2D eigenvalue weighted by Crippen LogP contribution is 2.22. The highest BCUT2D eigenvalue weighted by atomic mass is 79.9. The fraction of sp³-hybridized carbons (Fsp3) is 0.538. The zero-order valence-corrected chi connectivity index (χ0v) is 14.2. The zero-order valence-electron chi connectivity index (χ0n) is 11.0. The first kappa shape index (κ1) is 16.8. The van der Waals surface area contributed by atoms with Gasteiger partial charge in [-0.25, -0.2) is 8.42 Å². The maximum Gasteiger partial charge on any atom is 0.232 e. The number of hydrogen-bond acceptors (Lipinski definition) is 3. The Morgan fingerprint density at radius 2 is 2.05 bits per heavy atom. The minimum absolute atomic E-state index is 0.0209. The van der Waals surface area contributed by atoms with Crippen LogP contribution in [0.4, 0.5) is 0 Å². The monoisotopic (exact) mass is 368 g/mol. The molecular formula is C13H18BrClO3S. The van der Waals surface area contributed by atoms with Gasteiger partial charge in [0, 0.05) is 15.2 Å². The van der Waals surface area contributed by atoms with Crippen LogP contribution in [0.15, 0.2) is 22.7 Å². The van der Waals surface area contributed by atoms with E-state index in [0.29, 0.717) is 13.0 Å². The normalized spacial score (nSPS) is 13.3.